The van der Waals surface area contributed by atoms with E-state index in [2.05, 4.69) is 45.4 Å². The summed E-state index contributed by atoms with van der Waals surface area (Å²) in [5, 5.41) is 1.31. The molecule has 0 spiro atoms. The summed E-state index contributed by atoms with van der Waals surface area (Å²) in [6.45, 7) is 2.32. The van der Waals surface area contributed by atoms with E-state index in [4.69, 9.17) is 0 Å². The van der Waals surface area contributed by atoms with Gasteiger partial charge in [-0.25, -0.2) is 4.39 Å². The summed E-state index contributed by atoms with van der Waals surface area (Å²) in [5.41, 5.74) is 4.04. The number of benzene rings is 2. The van der Waals surface area contributed by atoms with Crippen molar-refractivity contribution in [2.45, 2.75) is 30.2 Å². The maximum atomic E-state index is 13.2. The number of hydrogen-bond acceptors (Lipinski definition) is 2. The Bertz CT molecular complexity index is 973. The predicted molar refractivity (Wildman–Crippen MR) is 107 cm³/mol. The second-order valence-electron chi connectivity index (χ2n) is 7.16. The van der Waals surface area contributed by atoms with Crippen molar-refractivity contribution in [2.75, 3.05) is 13.1 Å². The molecule has 5 rings (SSSR count). The SMILES string of the molecule is Fc1ccc(Sn2cc(C3=CCN4CCCC4C3)c3ccccc32)cc1. The minimum atomic E-state index is -0.194. The standard InChI is InChI=1S/C22H21FN2S/c23-17-7-9-19(10-8-17)26-25-15-21(20-5-1-2-6-22(20)25)16-11-13-24-12-3-4-18(24)14-16/h1-2,5-11,15,18H,3-4,12-14H2. The van der Waals surface area contributed by atoms with Crippen LogP contribution < -0.4 is 0 Å². The molecule has 0 amide bonds. The molecule has 2 aliphatic rings. The fourth-order valence-corrected chi connectivity index (χ4v) is 5.14. The normalized spacial score (nSPS) is 20.3. The van der Waals surface area contributed by atoms with Crippen LogP contribution in [0.2, 0.25) is 0 Å². The van der Waals surface area contributed by atoms with Crippen LogP contribution in [-0.4, -0.2) is 28.0 Å². The highest BCUT2D eigenvalue weighted by molar-refractivity contribution is 7.98. The van der Waals surface area contributed by atoms with Gasteiger partial charge in [-0.1, -0.05) is 24.3 Å². The Morgan fingerprint density at radius 3 is 2.77 bits per heavy atom. The molecule has 0 saturated carbocycles. The fraction of sp³-hybridized carbons (Fsp3) is 0.273. The first-order valence-corrected chi connectivity index (χ1v) is 10.0. The Labute approximate surface area is 157 Å². The van der Waals surface area contributed by atoms with E-state index in [1.54, 1.807) is 11.9 Å². The van der Waals surface area contributed by atoms with Gasteiger partial charge >= 0.3 is 0 Å². The molecule has 26 heavy (non-hydrogen) atoms. The highest BCUT2D eigenvalue weighted by Crippen LogP contribution is 2.38. The van der Waals surface area contributed by atoms with E-state index in [1.165, 1.54) is 53.6 Å². The molecule has 2 aliphatic heterocycles. The molecule has 0 N–H and O–H groups in total. The first-order valence-electron chi connectivity index (χ1n) is 9.25. The van der Waals surface area contributed by atoms with Gasteiger partial charge in [0.05, 0.1) is 5.52 Å². The summed E-state index contributed by atoms with van der Waals surface area (Å²) >= 11 is 1.64. The molecule has 2 aromatic carbocycles. The molecule has 0 bridgehead atoms. The number of nitrogens with zero attached hydrogens (tertiary/aromatic N) is 2. The maximum absolute atomic E-state index is 13.2. The highest BCUT2D eigenvalue weighted by atomic mass is 32.2. The van der Waals surface area contributed by atoms with E-state index in [0.29, 0.717) is 6.04 Å². The monoisotopic (exact) mass is 364 g/mol. The largest absolute Gasteiger partial charge is 0.296 e. The van der Waals surface area contributed by atoms with Crippen LogP contribution in [-0.2, 0) is 0 Å². The average molecular weight is 364 g/mol. The quantitative estimate of drug-likeness (QED) is 0.599. The van der Waals surface area contributed by atoms with Crippen molar-refractivity contribution in [3.63, 3.8) is 0 Å². The van der Waals surface area contributed by atoms with Crippen LogP contribution in [0.5, 0.6) is 0 Å². The third-order valence-corrected chi connectivity index (χ3v) is 6.55. The molecule has 3 heterocycles. The van der Waals surface area contributed by atoms with E-state index in [0.717, 1.165) is 17.9 Å². The van der Waals surface area contributed by atoms with Crippen molar-refractivity contribution in [3.8, 4) is 0 Å². The predicted octanol–water partition coefficient (Wildman–Crippen LogP) is 5.59. The summed E-state index contributed by atoms with van der Waals surface area (Å²) in [6.07, 6.45) is 8.47. The number of rotatable bonds is 3. The van der Waals surface area contributed by atoms with Crippen LogP contribution in [0.15, 0.2) is 65.7 Å². The van der Waals surface area contributed by atoms with Crippen molar-refractivity contribution in [1.29, 1.82) is 0 Å². The van der Waals surface area contributed by atoms with Gasteiger partial charge in [-0.3, -0.25) is 8.87 Å². The van der Waals surface area contributed by atoms with Gasteiger partial charge in [0.2, 0.25) is 0 Å². The van der Waals surface area contributed by atoms with Crippen molar-refractivity contribution in [3.05, 3.63) is 72.2 Å². The first kappa shape index (κ1) is 16.2. The van der Waals surface area contributed by atoms with Gasteiger partial charge in [-0.2, -0.15) is 0 Å². The summed E-state index contributed by atoms with van der Waals surface area (Å²) in [6, 6.07) is 16.0. The van der Waals surface area contributed by atoms with Gasteiger partial charge < -0.3 is 0 Å². The Morgan fingerprint density at radius 1 is 1.04 bits per heavy atom. The number of hydrogen-bond donors (Lipinski definition) is 0. The molecule has 1 aromatic heterocycles. The van der Waals surface area contributed by atoms with Gasteiger partial charge in [0.15, 0.2) is 0 Å². The van der Waals surface area contributed by atoms with E-state index >= 15 is 0 Å². The summed E-state index contributed by atoms with van der Waals surface area (Å²) in [5.74, 6) is -0.194. The molecule has 3 aromatic rings. The van der Waals surface area contributed by atoms with Crippen LogP contribution in [0.1, 0.15) is 24.8 Å². The highest BCUT2D eigenvalue weighted by Gasteiger charge is 2.28. The molecule has 1 fully saturated rings. The van der Waals surface area contributed by atoms with Crippen molar-refractivity contribution >= 4 is 28.4 Å². The number of aromatic nitrogens is 1. The third-order valence-electron chi connectivity index (χ3n) is 5.57. The molecule has 4 heteroatoms. The summed E-state index contributed by atoms with van der Waals surface area (Å²) in [7, 11) is 0. The van der Waals surface area contributed by atoms with Crippen LogP contribution in [0.4, 0.5) is 4.39 Å². The zero-order chi connectivity index (χ0) is 17.5. The van der Waals surface area contributed by atoms with Crippen molar-refractivity contribution < 1.29 is 4.39 Å². The summed E-state index contributed by atoms with van der Waals surface area (Å²) < 4.78 is 15.4. The third kappa shape index (κ3) is 2.87. The number of halogens is 1. The van der Waals surface area contributed by atoms with Gasteiger partial charge in [0, 0.05) is 34.6 Å². The number of fused-ring (bicyclic) bond motifs is 2. The van der Waals surface area contributed by atoms with Crippen molar-refractivity contribution in [2.24, 2.45) is 0 Å². The van der Waals surface area contributed by atoms with Gasteiger partial charge in [0.1, 0.15) is 5.82 Å². The molecule has 1 saturated heterocycles. The smallest absolute Gasteiger partial charge is 0.123 e. The lowest BCUT2D eigenvalue weighted by atomic mass is 9.94. The Balaban J connectivity index is 1.53. The van der Waals surface area contributed by atoms with Gasteiger partial charge in [-0.15, -0.1) is 0 Å². The second-order valence-corrected chi connectivity index (χ2v) is 8.20. The topological polar surface area (TPSA) is 8.17 Å². The van der Waals surface area contributed by atoms with Gasteiger partial charge in [0.25, 0.3) is 0 Å². The van der Waals surface area contributed by atoms with Crippen LogP contribution in [0, 0.1) is 5.82 Å². The van der Waals surface area contributed by atoms with Crippen LogP contribution >= 0.6 is 11.9 Å². The lowest BCUT2D eigenvalue weighted by Gasteiger charge is -2.29. The van der Waals surface area contributed by atoms with E-state index in [1.807, 2.05) is 12.1 Å². The lowest BCUT2D eigenvalue weighted by Crippen LogP contribution is -2.32. The minimum absolute atomic E-state index is 0.194. The Hall–Kier alpha value is -2.04. The molecule has 132 valence electrons. The molecule has 0 radical (unpaired) electrons. The zero-order valence-electron chi connectivity index (χ0n) is 14.6. The van der Waals surface area contributed by atoms with Gasteiger partial charge in [-0.05, 0) is 73.7 Å². The van der Waals surface area contributed by atoms with Crippen molar-refractivity contribution in [1.82, 2.24) is 8.87 Å². The molecule has 1 unspecified atom stereocenters. The fourth-order valence-electron chi connectivity index (χ4n) is 4.24. The summed E-state index contributed by atoms with van der Waals surface area (Å²) in [4.78, 5) is 3.65. The number of para-hydroxylation sites is 1. The zero-order valence-corrected chi connectivity index (χ0v) is 15.4. The average Bonchev–Trinajstić information content (AvgIpc) is 3.28. The lowest BCUT2D eigenvalue weighted by molar-refractivity contribution is 0.275. The molecular formula is C22H21FN2S. The maximum Gasteiger partial charge on any atom is 0.123 e. The minimum Gasteiger partial charge on any atom is -0.296 e. The van der Waals surface area contributed by atoms with E-state index in [-0.39, 0.29) is 5.82 Å². The Morgan fingerprint density at radius 2 is 1.88 bits per heavy atom. The van der Waals surface area contributed by atoms with Crippen LogP contribution in [0.25, 0.3) is 16.5 Å². The van der Waals surface area contributed by atoms with E-state index < -0.39 is 0 Å². The molecule has 1 atom stereocenters. The first-order chi connectivity index (χ1) is 12.8. The molecular weight excluding hydrogens is 343 g/mol. The van der Waals surface area contributed by atoms with E-state index in [9.17, 15) is 4.39 Å². The molecule has 0 aliphatic carbocycles. The van der Waals surface area contributed by atoms with Crippen LogP contribution in [0.3, 0.4) is 0 Å². The Kier molecular flexibility index (Phi) is 4.10. The second kappa shape index (κ2) is 6.60. The molecule has 2 nitrogen and oxygen atoms in total.